The van der Waals surface area contributed by atoms with Gasteiger partial charge in [-0.25, -0.2) is 4.98 Å². The number of nitrogens with zero attached hydrogens (tertiary/aromatic N) is 2. The molecule has 1 aliphatic carbocycles. The Hall–Kier alpha value is -1.65. The summed E-state index contributed by atoms with van der Waals surface area (Å²) in [6, 6.07) is 0. The standard InChI is InChI=1S/C14H22N4O/c1-3-14(6-5-7-14)10-17-13(19)11-8-15-9-12(18-11)16-4-2/h8-9H,3-7,10H2,1-2H3,(H,16,18)(H,17,19). The number of carbonyl (C=O) groups is 1. The predicted molar refractivity (Wildman–Crippen MR) is 75.1 cm³/mol. The van der Waals surface area contributed by atoms with Crippen molar-refractivity contribution in [2.75, 3.05) is 18.4 Å². The molecule has 0 aliphatic heterocycles. The van der Waals surface area contributed by atoms with Crippen LogP contribution in [-0.4, -0.2) is 29.0 Å². The zero-order valence-corrected chi connectivity index (χ0v) is 11.7. The summed E-state index contributed by atoms with van der Waals surface area (Å²) in [5.74, 6) is 0.510. The molecule has 1 heterocycles. The largest absolute Gasteiger partial charge is 0.369 e. The second-order valence-corrected chi connectivity index (χ2v) is 5.21. The summed E-state index contributed by atoms with van der Waals surface area (Å²) < 4.78 is 0. The molecule has 2 N–H and O–H groups in total. The second kappa shape index (κ2) is 5.99. The lowest BCUT2D eigenvalue weighted by Gasteiger charge is -2.41. The van der Waals surface area contributed by atoms with E-state index in [1.165, 1.54) is 25.5 Å². The Morgan fingerprint density at radius 2 is 2.16 bits per heavy atom. The van der Waals surface area contributed by atoms with Crippen LogP contribution in [0.5, 0.6) is 0 Å². The van der Waals surface area contributed by atoms with Gasteiger partial charge in [0.25, 0.3) is 5.91 Å². The fraction of sp³-hybridized carbons (Fsp3) is 0.643. The van der Waals surface area contributed by atoms with Gasteiger partial charge in [0.2, 0.25) is 0 Å². The Morgan fingerprint density at radius 3 is 2.74 bits per heavy atom. The fourth-order valence-corrected chi connectivity index (χ4v) is 2.43. The van der Waals surface area contributed by atoms with Crippen LogP contribution in [0.2, 0.25) is 0 Å². The summed E-state index contributed by atoms with van der Waals surface area (Å²) in [6.07, 6.45) is 7.96. The molecule has 0 aromatic carbocycles. The van der Waals surface area contributed by atoms with E-state index < -0.39 is 0 Å². The van der Waals surface area contributed by atoms with E-state index in [9.17, 15) is 4.79 Å². The number of hydrogen-bond acceptors (Lipinski definition) is 4. The minimum Gasteiger partial charge on any atom is -0.369 e. The molecule has 0 spiro atoms. The molecule has 1 amide bonds. The van der Waals surface area contributed by atoms with Gasteiger partial charge in [0.15, 0.2) is 0 Å². The molecule has 1 aromatic rings. The third kappa shape index (κ3) is 3.22. The molecule has 0 atom stereocenters. The van der Waals surface area contributed by atoms with Crippen molar-refractivity contribution in [2.24, 2.45) is 5.41 Å². The average molecular weight is 262 g/mol. The lowest BCUT2D eigenvalue weighted by molar-refractivity contribution is 0.0845. The molecule has 1 aromatic heterocycles. The fourth-order valence-electron chi connectivity index (χ4n) is 2.43. The Morgan fingerprint density at radius 1 is 1.37 bits per heavy atom. The highest BCUT2D eigenvalue weighted by Crippen LogP contribution is 2.43. The van der Waals surface area contributed by atoms with Crippen LogP contribution >= 0.6 is 0 Å². The highest BCUT2D eigenvalue weighted by Gasteiger charge is 2.35. The SMILES string of the molecule is CCNc1cncc(C(=O)NCC2(CC)CCC2)n1. The lowest BCUT2D eigenvalue weighted by atomic mass is 9.67. The predicted octanol–water partition coefficient (Wildman–Crippen LogP) is 2.22. The van der Waals surface area contributed by atoms with Gasteiger partial charge < -0.3 is 10.6 Å². The van der Waals surface area contributed by atoms with Crippen LogP contribution in [0.4, 0.5) is 5.82 Å². The van der Waals surface area contributed by atoms with E-state index in [1.807, 2.05) is 6.92 Å². The number of hydrogen-bond donors (Lipinski definition) is 2. The number of nitrogens with one attached hydrogen (secondary N) is 2. The third-order valence-electron chi connectivity index (χ3n) is 4.01. The van der Waals surface area contributed by atoms with Gasteiger partial charge in [0.05, 0.1) is 12.4 Å². The molecule has 5 heteroatoms. The van der Waals surface area contributed by atoms with Gasteiger partial charge in [-0.15, -0.1) is 0 Å². The molecular formula is C14H22N4O. The van der Waals surface area contributed by atoms with E-state index in [2.05, 4.69) is 27.5 Å². The molecule has 1 aliphatic rings. The summed E-state index contributed by atoms with van der Waals surface area (Å²) >= 11 is 0. The number of amides is 1. The molecule has 1 fully saturated rings. The van der Waals surface area contributed by atoms with Gasteiger partial charge in [-0.1, -0.05) is 13.3 Å². The van der Waals surface area contributed by atoms with Crippen molar-refractivity contribution in [1.82, 2.24) is 15.3 Å². The Balaban J connectivity index is 1.94. The van der Waals surface area contributed by atoms with Crippen molar-refractivity contribution in [2.45, 2.75) is 39.5 Å². The summed E-state index contributed by atoms with van der Waals surface area (Å²) in [4.78, 5) is 20.3. The maximum atomic E-state index is 12.1. The molecule has 1 saturated carbocycles. The van der Waals surface area contributed by atoms with E-state index >= 15 is 0 Å². The maximum Gasteiger partial charge on any atom is 0.271 e. The number of aromatic nitrogens is 2. The molecule has 5 nitrogen and oxygen atoms in total. The van der Waals surface area contributed by atoms with Crippen molar-refractivity contribution in [3.05, 3.63) is 18.1 Å². The average Bonchev–Trinajstić information content (AvgIpc) is 2.38. The lowest BCUT2D eigenvalue weighted by Crippen LogP contribution is -2.41. The zero-order valence-electron chi connectivity index (χ0n) is 11.7. The Labute approximate surface area is 114 Å². The van der Waals surface area contributed by atoms with Crippen LogP contribution in [0.25, 0.3) is 0 Å². The second-order valence-electron chi connectivity index (χ2n) is 5.21. The summed E-state index contributed by atoms with van der Waals surface area (Å²) in [6.45, 7) is 5.68. The number of rotatable bonds is 6. The van der Waals surface area contributed by atoms with Gasteiger partial charge in [-0.2, -0.15) is 0 Å². The van der Waals surface area contributed by atoms with Crippen LogP contribution in [0.1, 0.15) is 50.0 Å². The van der Waals surface area contributed by atoms with E-state index in [1.54, 1.807) is 6.20 Å². The first-order valence-electron chi connectivity index (χ1n) is 7.03. The van der Waals surface area contributed by atoms with Gasteiger partial charge in [0, 0.05) is 13.1 Å². The Bertz CT molecular complexity index is 437. The zero-order chi connectivity index (χ0) is 13.7. The smallest absolute Gasteiger partial charge is 0.271 e. The van der Waals surface area contributed by atoms with Crippen molar-refractivity contribution in [3.8, 4) is 0 Å². The highest BCUT2D eigenvalue weighted by atomic mass is 16.1. The van der Waals surface area contributed by atoms with Crippen LogP contribution in [0.15, 0.2) is 12.4 Å². The number of anilines is 1. The van der Waals surface area contributed by atoms with Crippen LogP contribution in [-0.2, 0) is 0 Å². The van der Waals surface area contributed by atoms with Gasteiger partial charge >= 0.3 is 0 Å². The highest BCUT2D eigenvalue weighted by molar-refractivity contribution is 5.92. The molecule has 2 rings (SSSR count). The molecule has 0 unspecified atom stereocenters. The maximum absolute atomic E-state index is 12.1. The first-order chi connectivity index (χ1) is 9.19. The molecule has 0 radical (unpaired) electrons. The molecule has 104 valence electrons. The topological polar surface area (TPSA) is 66.9 Å². The minimum atomic E-state index is -0.132. The van der Waals surface area contributed by atoms with Crippen LogP contribution in [0, 0.1) is 5.41 Å². The number of carbonyl (C=O) groups excluding carboxylic acids is 1. The van der Waals surface area contributed by atoms with Crippen molar-refractivity contribution >= 4 is 11.7 Å². The van der Waals surface area contributed by atoms with E-state index in [-0.39, 0.29) is 5.91 Å². The quantitative estimate of drug-likeness (QED) is 0.825. The van der Waals surface area contributed by atoms with Gasteiger partial charge in [-0.05, 0) is 31.6 Å². The van der Waals surface area contributed by atoms with Crippen LogP contribution < -0.4 is 10.6 Å². The van der Waals surface area contributed by atoms with Gasteiger partial charge in [0.1, 0.15) is 11.5 Å². The van der Waals surface area contributed by atoms with E-state index in [0.29, 0.717) is 16.9 Å². The van der Waals surface area contributed by atoms with E-state index in [4.69, 9.17) is 0 Å². The van der Waals surface area contributed by atoms with Crippen LogP contribution in [0.3, 0.4) is 0 Å². The molecule has 0 bridgehead atoms. The summed E-state index contributed by atoms with van der Waals surface area (Å²) in [5.41, 5.74) is 0.701. The molecule has 19 heavy (non-hydrogen) atoms. The molecule has 0 saturated heterocycles. The van der Waals surface area contributed by atoms with Crippen molar-refractivity contribution < 1.29 is 4.79 Å². The monoisotopic (exact) mass is 262 g/mol. The summed E-state index contributed by atoms with van der Waals surface area (Å²) in [7, 11) is 0. The summed E-state index contributed by atoms with van der Waals surface area (Å²) in [5, 5.41) is 6.05. The Kier molecular flexibility index (Phi) is 4.35. The van der Waals surface area contributed by atoms with Gasteiger partial charge in [-0.3, -0.25) is 9.78 Å². The van der Waals surface area contributed by atoms with Crippen molar-refractivity contribution in [3.63, 3.8) is 0 Å². The van der Waals surface area contributed by atoms with E-state index in [0.717, 1.165) is 19.5 Å². The first kappa shape index (κ1) is 13.8. The molecular weight excluding hydrogens is 240 g/mol. The third-order valence-corrected chi connectivity index (χ3v) is 4.01. The normalized spacial score (nSPS) is 16.5. The minimum absolute atomic E-state index is 0.132. The van der Waals surface area contributed by atoms with Crippen molar-refractivity contribution in [1.29, 1.82) is 0 Å². The first-order valence-corrected chi connectivity index (χ1v) is 7.03.